The van der Waals surface area contributed by atoms with E-state index in [1.54, 1.807) is 7.11 Å². The van der Waals surface area contributed by atoms with Crippen LogP contribution < -0.4 is 25.4 Å². The summed E-state index contributed by atoms with van der Waals surface area (Å²) in [7, 11) is 1.56. The van der Waals surface area contributed by atoms with Crippen molar-refractivity contribution >= 4 is 39.1 Å². The molecule has 8 heteroatoms. The number of methoxy groups -OCH3 is 1. The van der Waals surface area contributed by atoms with Crippen LogP contribution in [0.15, 0.2) is 40.9 Å². The highest BCUT2D eigenvalue weighted by Crippen LogP contribution is 2.37. The summed E-state index contributed by atoms with van der Waals surface area (Å²) in [5, 5.41) is 9.13. The van der Waals surface area contributed by atoms with Crippen LogP contribution in [0.3, 0.4) is 0 Å². The van der Waals surface area contributed by atoms with E-state index < -0.39 is 0 Å². The smallest absolute Gasteiger partial charge is 0.258 e. The standard InChI is InChI=1S/C25H34BrN3O4/c1-6-7-8-22(30)28-19-11-9-18(10-12-19)27-15-17-13-20(26)24(21(14-17)32-5)33-16-23(31)29-25(2,3)4/h9-14,27H,6-8,15-16H2,1-5H3,(H,28,30)(H,29,31). The van der Waals surface area contributed by atoms with Crippen molar-refractivity contribution in [2.24, 2.45) is 0 Å². The fraction of sp³-hybridized carbons (Fsp3) is 0.440. The van der Waals surface area contributed by atoms with Crippen molar-refractivity contribution in [1.29, 1.82) is 0 Å². The Morgan fingerprint density at radius 3 is 2.30 bits per heavy atom. The fourth-order valence-corrected chi connectivity index (χ4v) is 3.65. The van der Waals surface area contributed by atoms with Crippen LogP contribution in [0.2, 0.25) is 0 Å². The topological polar surface area (TPSA) is 88.7 Å². The summed E-state index contributed by atoms with van der Waals surface area (Å²) in [6, 6.07) is 11.4. The molecule has 0 aliphatic heterocycles. The van der Waals surface area contributed by atoms with Crippen LogP contribution in [0, 0.1) is 0 Å². The van der Waals surface area contributed by atoms with Crippen LogP contribution in [0.25, 0.3) is 0 Å². The number of hydrogen-bond donors (Lipinski definition) is 3. The van der Waals surface area contributed by atoms with E-state index in [9.17, 15) is 9.59 Å². The number of unbranched alkanes of at least 4 members (excludes halogenated alkanes) is 1. The maximum Gasteiger partial charge on any atom is 0.258 e. The highest BCUT2D eigenvalue weighted by molar-refractivity contribution is 9.10. The van der Waals surface area contributed by atoms with Crippen molar-refractivity contribution in [3.63, 3.8) is 0 Å². The molecule has 0 atom stereocenters. The number of ether oxygens (including phenoxy) is 2. The number of benzene rings is 2. The number of amides is 2. The maximum atomic E-state index is 12.1. The van der Waals surface area contributed by atoms with Gasteiger partial charge in [0.1, 0.15) is 0 Å². The number of anilines is 2. The first-order valence-corrected chi connectivity index (χ1v) is 11.8. The molecule has 0 aromatic heterocycles. The molecule has 0 aliphatic rings. The van der Waals surface area contributed by atoms with E-state index in [2.05, 4.69) is 38.8 Å². The first-order chi connectivity index (χ1) is 15.6. The monoisotopic (exact) mass is 519 g/mol. The molecule has 2 rings (SSSR count). The zero-order valence-corrected chi connectivity index (χ0v) is 21.6. The molecule has 0 bridgehead atoms. The fourth-order valence-electron chi connectivity index (χ4n) is 3.04. The Balaban J connectivity index is 1.96. The first kappa shape index (κ1) is 26.5. The van der Waals surface area contributed by atoms with Crippen molar-refractivity contribution in [3.05, 3.63) is 46.4 Å². The highest BCUT2D eigenvalue weighted by Gasteiger charge is 2.17. The number of carbonyl (C=O) groups is 2. The van der Waals surface area contributed by atoms with Gasteiger partial charge in [0.05, 0.1) is 11.6 Å². The van der Waals surface area contributed by atoms with Gasteiger partial charge in [-0.2, -0.15) is 0 Å². The zero-order valence-electron chi connectivity index (χ0n) is 20.0. The largest absolute Gasteiger partial charge is 0.493 e. The summed E-state index contributed by atoms with van der Waals surface area (Å²) in [5.74, 6) is 0.850. The van der Waals surface area contributed by atoms with Gasteiger partial charge >= 0.3 is 0 Å². The van der Waals surface area contributed by atoms with Gasteiger partial charge in [0.15, 0.2) is 18.1 Å². The van der Waals surface area contributed by atoms with Crippen molar-refractivity contribution in [2.45, 2.75) is 59.0 Å². The zero-order chi connectivity index (χ0) is 24.4. The van der Waals surface area contributed by atoms with E-state index in [1.165, 1.54) is 0 Å². The van der Waals surface area contributed by atoms with Crippen molar-refractivity contribution in [2.75, 3.05) is 24.4 Å². The predicted molar refractivity (Wildman–Crippen MR) is 136 cm³/mol. The third-order valence-electron chi connectivity index (χ3n) is 4.57. The summed E-state index contributed by atoms with van der Waals surface area (Å²) in [6.45, 7) is 8.27. The van der Waals surface area contributed by atoms with Gasteiger partial charge in [0.25, 0.3) is 5.91 Å². The Bertz CT molecular complexity index is 940. The molecule has 2 aromatic carbocycles. The number of halogens is 1. The molecule has 0 saturated heterocycles. The van der Waals surface area contributed by atoms with Gasteiger partial charge in [0, 0.05) is 29.9 Å². The van der Waals surface area contributed by atoms with Gasteiger partial charge in [-0.05, 0) is 85.1 Å². The molecule has 0 spiro atoms. The van der Waals surface area contributed by atoms with Crippen molar-refractivity contribution in [1.82, 2.24) is 5.32 Å². The van der Waals surface area contributed by atoms with Crippen LogP contribution >= 0.6 is 15.9 Å². The van der Waals surface area contributed by atoms with Gasteiger partial charge < -0.3 is 25.4 Å². The lowest BCUT2D eigenvalue weighted by Gasteiger charge is -2.21. The Kier molecular flexibility index (Phi) is 10.0. The van der Waals surface area contributed by atoms with Crippen LogP contribution in [-0.4, -0.2) is 31.1 Å². The van der Waals surface area contributed by atoms with E-state index in [-0.39, 0.29) is 24.0 Å². The van der Waals surface area contributed by atoms with E-state index in [0.717, 1.165) is 29.8 Å². The Labute approximate surface area is 204 Å². The molecular formula is C25H34BrN3O4. The predicted octanol–water partition coefficient (Wildman–Crippen LogP) is 5.49. The molecule has 2 aromatic rings. The number of rotatable bonds is 11. The molecule has 0 heterocycles. The average molecular weight is 520 g/mol. The quantitative estimate of drug-likeness (QED) is 0.365. The average Bonchev–Trinajstić information content (AvgIpc) is 2.74. The lowest BCUT2D eigenvalue weighted by Crippen LogP contribution is -2.43. The molecule has 0 aliphatic carbocycles. The Morgan fingerprint density at radius 1 is 1.03 bits per heavy atom. The van der Waals surface area contributed by atoms with Gasteiger partial charge in [-0.1, -0.05) is 13.3 Å². The second-order valence-corrected chi connectivity index (χ2v) is 9.63. The normalized spacial score (nSPS) is 11.0. The molecular weight excluding hydrogens is 486 g/mol. The first-order valence-electron chi connectivity index (χ1n) is 11.0. The number of carbonyl (C=O) groups excluding carboxylic acids is 2. The van der Waals surface area contributed by atoms with E-state index in [1.807, 2.05) is 57.2 Å². The molecule has 7 nitrogen and oxygen atoms in total. The van der Waals surface area contributed by atoms with Crippen LogP contribution in [0.5, 0.6) is 11.5 Å². The Hall–Kier alpha value is -2.74. The molecule has 0 radical (unpaired) electrons. The minimum atomic E-state index is -0.323. The highest BCUT2D eigenvalue weighted by atomic mass is 79.9. The van der Waals surface area contributed by atoms with Crippen molar-refractivity contribution in [3.8, 4) is 11.5 Å². The minimum absolute atomic E-state index is 0.0349. The molecule has 0 unspecified atom stereocenters. The molecule has 2 amide bonds. The van der Waals surface area contributed by atoms with Gasteiger partial charge in [-0.15, -0.1) is 0 Å². The summed E-state index contributed by atoms with van der Waals surface area (Å²) in [4.78, 5) is 23.9. The van der Waals surface area contributed by atoms with Gasteiger partial charge in [-0.3, -0.25) is 9.59 Å². The summed E-state index contributed by atoms with van der Waals surface area (Å²) < 4.78 is 11.9. The molecule has 0 fully saturated rings. The maximum absolute atomic E-state index is 12.1. The lowest BCUT2D eigenvalue weighted by atomic mass is 10.1. The van der Waals surface area contributed by atoms with E-state index in [4.69, 9.17) is 9.47 Å². The number of hydrogen-bond acceptors (Lipinski definition) is 5. The van der Waals surface area contributed by atoms with Gasteiger partial charge in [-0.25, -0.2) is 0 Å². The Morgan fingerprint density at radius 2 is 1.70 bits per heavy atom. The second-order valence-electron chi connectivity index (χ2n) is 8.78. The second kappa shape index (κ2) is 12.5. The molecule has 0 saturated carbocycles. The van der Waals surface area contributed by atoms with Crippen LogP contribution in [-0.2, 0) is 16.1 Å². The lowest BCUT2D eigenvalue weighted by molar-refractivity contribution is -0.124. The van der Waals surface area contributed by atoms with Crippen molar-refractivity contribution < 1.29 is 19.1 Å². The van der Waals surface area contributed by atoms with Crippen LogP contribution in [0.4, 0.5) is 11.4 Å². The van der Waals surface area contributed by atoms with Gasteiger partial charge in [0.2, 0.25) is 5.91 Å². The summed E-state index contributed by atoms with van der Waals surface area (Å²) >= 11 is 3.52. The van der Waals surface area contributed by atoms with E-state index >= 15 is 0 Å². The van der Waals surface area contributed by atoms with E-state index in [0.29, 0.717) is 28.9 Å². The molecule has 3 N–H and O–H groups in total. The summed E-state index contributed by atoms with van der Waals surface area (Å²) in [6.07, 6.45) is 2.42. The third-order valence-corrected chi connectivity index (χ3v) is 5.16. The molecule has 180 valence electrons. The van der Waals surface area contributed by atoms with Crippen LogP contribution in [0.1, 0.15) is 52.5 Å². The number of nitrogens with one attached hydrogen (secondary N) is 3. The molecule has 33 heavy (non-hydrogen) atoms. The minimum Gasteiger partial charge on any atom is -0.493 e. The SMILES string of the molecule is CCCCC(=O)Nc1ccc(NCc2cc(Br)c(OCC(=O)NC(C)(C)C)c(OC)c2)cc1. The summed E-state index contributed by atoms with van der Waals surface area (Å²) in [5.41, 5.74) is 2.36. The third kappa shape index (κ3) is 9.34.